The first-order valence-electron chi connectivity index (χ1n) is 6.07. The van der Waals surface area contributed by atoms with E-state index in [9.17, 15) is 4.79 Å². The molecule has 3 aromatic rings. The highest BCUT2D eigenvalue weighted by molar-refractivity contribution is 5.82. The molecule has 8 nitrogen and oxygen atoms in total. The van der Waals surface area contributed by atoms with Crippen LogP contribution in [0, 0.1) is 0 Å². The van der Waals surface area contributed by atoms with Crippen LogP contribution in [0.15, 0.2) is 36.8 Å². The summed E-state index contributed by atoms with van der Waals surface area (Å²) in [5, 5.41) is 10.8. The van der Waals surface area contributed by atoms with Gasteiger partial charge in [-0.2, -0.15) is 10.1 Å². The van der Waals surface area contributed by atoms with Gasteiger partial charge in [0.25, 0.3) is 5.95 Å². The summed E-state index contributed by atoms with van der Waals surface area (Å²) >= 11 is 0. The van der Waals surface area contributed by atoms with Gasteiger partial charge in [-0.3, -0.25) is 5.32 Å². The maximum Gasteiger partial charge on any atom is 0.414 e. The second-order valence-electron chi connectivity index (χ2n) is 3.89. The fourth-order valence-electron chi connectivity index (χ4n) is 1.79. The zero-order valence-electron chi connectivity index (χ0n) is 10.7. The Balaban J connectivity index is 1.99. The molecule has 0 aliphatic carbocycles. The zero-order valence-corrected chi connectivity index (χ0v) is 10.7. The van der Waals surface area contributed by atoms with Crippen molar-refractivity contribution in [1.29, 1.82) is 0 Å². The Bertz CT molecular complexity index is 734. The predicted octanol–water partition coefficient (Wildman–Crippen LogP) is 1.48. The third-order valence-corrected chi connectivity index (χ3v) is 2.58. The lowest BCUT2D eigenvalue weighted by molar-refractivity contribution is 0.167. The summed E-state index contributed by atoms with van der Waals surface area (Å²) in [5.41, 5.74) is 1.35. The van der Waals surface area contributed by atoms with Gasteiger partial charge in [0.15, 0.2) is 5.65 Å². The molecular weight excluding hydrogens is 260 g/mol. The van der Waals surface area contributed by atoms with E-state index in [0.29, 0.717) is 5.65 Å². The van der Waals surface area contributed by atoms with Gasteiger partial charge in [0.1, 0.15) is 5.69 Å². The first-order chi connectivity index (χ1) is 9.78. The van der Waals surface area contributed by atoms with Crippen LogP contribution in [0.5, 0.6) is 0 Å². The highest BCUT2D eigenvalue weighted by Gasteiger charge is 2.11. The highest BCUT2D eigenvalue weighted by Crippen LogP contribution is 2.14. The molecule has 0 bridgehead atoms. The summed E-state index contributed by atoms with van der Waals surface area (Å²) in [6.45, 7) is 2.02. The van der Waals surface area contributed by atoms with Gasteiger partial charge < -0.3 is 4.74 Å². The van der Waals surface area contributed by atoms with Crippen molar-refractivity contribution in [2.24, 2.45) is 0 Å². The number of anilines is 1. The molecule has 20 heavy (non-hydrogen) atoms. The molecular formula is C12H12N6O2. The predicted molar refractivity (Wildman–Crippen MR) is 70.8 cm³/mol. The van der Waals surface area contributed by atoms with E-state index in [1.807, 2.05) is 24.4 Å². The van der Waals surface area contributed by atoms with E-state index in [1.54, 1.807) is 28.5 Å². The number of hydrogen-bond acceptors (Lipinski definition) is 5. The number of carbonyl (C=O) groups is 1. The lowest BCUT2D eigenvalue weighted by Crippen LogP contribution is -2.14. The Labute approximate surface area is 114 Å². The Morgan fingerprint density at radius 2 is 2.30 bits per heavy atom. The third-order valence-electron chi connectivity index (χ3n) is 2.58. The van der Waals surface area contributed by atoms with Crippen LogP contribution in [0.2, 0.25) is 0 Å². The van der Waals surface area contributed by atoms with Crippen molar-refractivity contribution >= 4 is 17.7 Å². The molecule has 8 heteroatoms. The fourth-order valence-corrected chi connectivity index (χ4v) is 1.79. The van der Waals surface area contributed by atoms with Gasteiger partial charge in [0, 0.05) is 18.6 Å². The van der Waals surface area contributed by atoms with Crippen LogP contribution < -0.4 is 5.32 Å². The average Bonchev–Trinajstić information content (AvgIpc) is 3.06. The normalized spacial score (nSPS) is 10.7. The summed E-state index contributed by atoms with van der Waals surface area (Å²) in [4.78, 5) is 15.6. The number of nitrogens with zero attached hydrogens (tertiary/aromatic N) is 5. The molecule has 0 spiro atoms. The van der Waals surface area contributed by atoms with Crippen LogP contribution in [0.1, 0.15) is 6.92 Å². The van der Waals surface area contributed by atoms with Crippen LogP contribution in [0.4, 0.5) is 10.7 Å². The fraction of sp³-hybridized carbons (Fsp3) is 0.167. The number of pyridine rings is 1. The molecule has 102 valence electrons. The van der Waals surface area contributed by atoms with E-state index in [4.69, 9.17) is 4.74 Å². The van der Waals surface area contributed by atoms with Crippen LogP contribution in [0.25, 0.3) is 11.3 Å². The van der Waals surface area contributed by atoms with Crippen molar-refractivity contribution in [2.45, 2.75) is 6.92 Å². The smallest absolute Gasteiger partial charge is 0.414 e. The molecule has 0 atom stereocenters. The van der Waals surface area contributed by atoms with Gasteiger partial charge in [-0.25, -0.2) is 14.0 Å². The van der Waals surface area contributed by atoms with E-state index in [1.165, 1.54) is 0 Å². The van der Waals surface area contributed by atoms with E-state index in [2.05, 4.69) is 20.5 Å². The monoisotopic (exact) mass is 272 g/mol. The molecule has 0 unspecified atom stereocenters. The Morgan fingerprint density at radius 1 is 1.40 bits per heavy atom. The van der Waals surface area contributed by atoms with Gasteiger partial charge in [-0.1, -0.05) is 0 Å². The lowest BCUT2D eigenvalue weighted by atomic mass is 10.4. The minimum atomic E-state index is -0.580. The summed E-state index contributed by atoms with van der Waals surface area (Å²) < 4.78 is 8.03. The third kappa shape index (κ3) is 2.18. The Hall–Kier alpha value is -2.90. The van der Waals surface area contributed by atoms with Gasteiger partial charge in [-0.05, 0) is 25.1 Å². The molecule has 0 fully saturated rings. The van der Waals surface area contributed by atoms with E-state index in [-0.39, 0.29) is 12.6 Å². The molecule has 0 radical (unpaired) electrons. The second-order valence-corrected chi connectivity index (χ2v) is 3.89. The number of nitrogens with one attached hydrogen (secondary N) is 1. The number of rotatable bonds is 3. The number of carbonyl (C=O) groups excluding carboxylic acids is 1. The van der Waals surface area contributed by atoms with Crippen molar-refractivity contribution in [3.63, 3.8) is 0 Å². The van der Waals surface area contributed by atoms with E-state index >= 15 is 0 Å². The van der Waals surface area contributed by atoms with Crippen LogP contribution >= 0.6 is 0 Å². The van der Waals surface area contributed by atoms with Crippen LogP contribution in [-0.4, -0.2) is 37.1 Å². The van der Waals surface area contributed by atoms with Gasteiger partial charge >= 0.3 is 6.09 Å². The van der Waals surface area contributed by atoms with Crippen molar-refractivity contribution < 1.29 is 9.53 Å². The molecule has 0 aliphatic heterocycles. The number of fused-ring (bicyclic) bond motifs is 1. The molecule has 3 rings (SSSR count). The molecule has 0 aliphatic rings. The number of ether oxygens (including phenoxy) is 1. The zero-order chi connectivity index (χ0) is 13.9. The molecule has 1 N–H and O–H groups in total. The van der Waals surface area contributed by atoms with Gasteiger partial charge in [0.2, 0.25) is 0 Å². The molecule has 1 amide bonds. The molecule has 0 aromatic carbocycles. The van der Waals surface area contributed by atoms with E-state index in [0.717, 1.165) is 5.69 Å². The Morgan fingerprint density at radius 3 is 3.05 bits per heavy atom. The lowest BCUT2D eigenvalue weighted by Gasteiger charge is -2.01. The van der Waals surface area contributed by atoms with Gasteiger partial charge in [0.05, 0.1) is 6.61 Å². The summed E-state index contributed by atoms with van der Waals surface area (Å²) in [5.74, 6) is 0.183. The second kappa shape index (κ2) is 5.00. The molecule has 3 heterocycles. The maximum absolute atomic E-state index is 11.4. The van der Waals surface area contributed by atoms with Crippen LogP contribution in [0.3, 0.4) is 0 Å². The first-order valence-corrected chi connectivity index (χ1v) is 6.07. The number of aromatic nitrogens is 5. The maximum atomic E-state index is 11.4. The van der Waals surface area contributed by atoms with Crippen molar-refractivity contribution in [2.75, 3.05) is 11.9 Å². The van der Waals surface area contributed by atoms with Crippen molar-refractivity contribution in [3.05, 3.63) is 36.8 Å². The minimum Gasteiger partial charge on any atom is -0.450 e. The number of amides is 1. The number of hydrogen-bond donors (Lipinski definition) is 1. The molecule has 0 saturated carbocycles. The molecule has 0 saturated heterocycles. The summed E-state index contributed by atoms with van der Waals surface area (Å²) in [6.07, 6.45) is 4.65. The van der Waals surface area contributed by atoms with Crippen molar-refractivity contribution in [1.82, 2.24) is 24.4 Å². The average molecular weight is 272 g/mol. The van der Waals surface area contributed by atoms with E-state index < -0.39 is 6.09 Å². The topological polar surface area (TPSA) is 86.3 Å². The summed E-state index contributed by atoms with van der Waals surface area (Å²) in [6, 6.07) is 5.51. The van der Waals surface area contributed by atoms with Crippen molar-refractivity contribution in [3.8, 4) is 5.69 Å². The Kier molecular flexibility index (Phi) is 3.04. The minimum absolute atomic E-state index is 0.183. The SMILES string of the molecule is CCOC(=O)Nc1nc2c(-n3cccn3)cccn2n1. The quantitative estimate of drug-likeness (QED) is 0.780. The first kappa shape index (κ1) is 12.2. The van der Waals surface area contributed by atoms with Crippen LogP contribution in [-0.2, 0) is 4.74 Å². The molecule has 3 aromatic heterocycles. The van der Waals surface area contributed by atoms with Gasteiger partial charge in [-0.15, -0.1) is 5.10 Å². The largest absolute Gasteiger partial charge is 0.450 e. The standard InChI is InChI=1S/C12H12N6O2/c1-2-20-12(19)15-11-14-10-9(17-8-4-6-13-17)5-3-7-18(10)16-11/h3-8H,2H2,1H3,(H,15,16,19). The highest BCUT2D eigenvalue weighted by atomic mass is 16.5. The summed E-state index contributed by atoms with van der Waals surface area (Å²) in [7, 11) is 0.